The first-order valence-corrected chi connectivity index (χ1v) is 40.8. The first-order valence-electron chi connectivity index (χ1n) is 40.8. The third-order valence-corrected chi connectivity index (χ3v) is 25.0. The minimum atomic E-state index is -0.310. The molecule has 0 N–H and O–H groups in total. The fourth-order valence-electron chi connectivity index (χ4n) is 19.5. The summed E-state index contributed by atoms with van der Waals surface area (Å²) in [6.45, 7) is 20.5. The summed E-state index contributed by atoms with van der Waals surface area (Å²) in [4.78, 5) is 5.29. The molecule has 0 fully saturated rings. The van der Waals surface area contributed by atoms with E-state index in [0.29, 0.717) is 0 Å². The Balaban J connectivity index is 0.914. The van der Waals surface area contributed by atoms with Crippen LogP contribution in [0.15, 0.2) is 346 Å². The molecule has 0 radical (unpaired) electrons. The highest BCUT2D eigenvalue weighted by molar-refractivity contribution is 7.00. The molecule has 8 heteroatoms. The Labute approximate surface area is 678 Å². The van der Waals surface area contributed by atoms with E-state index in [2.05, 4.69) is 427 Å². The van der Waals surface area contributed by atoms with Crippen LogP contribution in [0.4, 0.5) is 34.1 Å². The van der Waals surface area contributed by atoms with Gasteiger partial charge in [0.1, 0.15) is 23.0 Å². The molecule has 22 rings (SSSR count). The SMILES string of the molecule is CC(C)(C)c1ccc2c(c1)c1cc(C(C)(C)C)ccc1n2-c1ccc2c(c1)N(c1ccccc1-c1ccccc1)c1cc(-c3cc4c5c(c3-c3ccccc3C(C)(C)C)Oc3ccccc3B5c3ccccc3O4)cc3c1B2c1ccc(-n2c4ccccc4c4ccccc42)cc1N3c1cc(-c2ccccc2)cc(-c2ccccc2)c1. The molecule has 116 heavy (non-hydrogen) atoms. The van der Waals surface area contributed by atoms with Crippen LogP contribution >= 0.6 is 0 Å². The van der Waals surface area contributed by atoms with Crippen LogP contribution in [0.25, 0.3) is 111 Å². The van der Waals surface area contributed by atoms with Crippen molar-refractivity contribution in [3.63, 3.8) is 0 Å². The number of nitrogens with zero attached hydrogens (tertiary/aromatic N) is 4. The van der Waals surface area contributed by atoms with Gasteiger partial charge in [-0.3, -0.25) is 0 Å². The van der Waals surface area contributed by atoms with Gasteiger partial charge in [0.05, 0.1) is 27.8 Å². The molecule has 0 spiro atoms. The molecule has 6 nitrogen and oxygen atoms in total. The highest BCUT2D eigenvalue weighted by Crippen LogP contribution is 2.55. The Hall–Kier alpha value is -13.6. The van der Waals surface area contributed by atoms with Gasteiger partial charge in [0.25, 0.3) is 13.4 Å². The van der Waals surface area contributed by atoms with Crippen LogP contribution in [-0.2, 0) is 16.2 Å². The number of anilines is 6. The van der Waals surface area contributed by atoms with Crippen LogP contribution in [0, 0.1) is 0 Å². The lowest BCUT2D eigenvalue weighted by molar-refractivity contribution is 0.466. The summed E-state index contributed by atoms with van der Waals surface area (Å²) in [7, 11) is 0. The summed E-state index contributed by atoms with van der Waals surface area (Å²) in [5, 5.41) is 4.90. The molecular formula is C108H84B2N4O2. The Bertz CT molecular complexity index is 6920. The van der Waals surface area contributed by atoms with E-state index in [1.165, 1.54) is 54.6 Å². The van der Waals surface area contributed by atoms with Crippen LogP contribution in [-0.4, -0.2) is 22.6 Å². The van der Waals surface area contributed by atoms with E-state index in [9.17, 15) is 0 Å². The minimum Gasteiger partial charge on any atom is -0.458 e. The molecule has 554 valence electrons. The van der Waals surface area contributed by atoms with Crippen LogP contribution in [0.1, 0.15) is 79.0 Å². The van der Waals surface area contributed by atoms with Crippen molar-refractivity contribution >= 4 is 124 Å². The number of ether oxygens (including phenoxy) is 2. The van der Waals surface area contributed by atoms with Gasteiger partial charge >= 0.3 is 0 Å². The van der Waals surface area contributed by atoms with Crippen molar-refractivity contribution in [3.8, 4) is 90.0 Å². The summed E-state index contributed by atoms with van der Waals surface area (Å²) < 4.78 is 20.3. The molecule has 4 aliphatic heterocycles. The second-order valence-electron chi connectivity index (χ2n) is 35.1. The number of aromatic nitrogens is 2. The summed E-state index contributed by atoms with van der Waals surface area (Å²) in [6.07, 6.45) is 0. The predicted molar refractivity (Wildman–Crippen MR) is 490 cm³/mol. The fraction of sp³-hybridized carbons (Fsp3) is 0.111. The molecule has 4 aliphatic rings. The average Bonchev–Trinajstić information content (AvgIpc) is 0.788. The van der Waals surface area contributed by atoms with Gasteiger partial charge in [-0.15, -0.1) is 0 Å². The summed E-state index contributed by atoms with van der Waals surface area (Å²) >= 11 is 0. The Morgan fingerprint density at radius 1 is 0.250 bits per heavy atom. The topological polar surface area (TPSA) is 34.8 Å². The predicted octanol–water partition coefficient (Wildman–Crippen LogP) is 24.9. The zero-order valence-electron chi connectivity index (χ0n) is 66.7. The zero-order valence-corrected chi connectivity index (χ0v) is 66.7. The van der Waals surface area contributed by atoms with Crippen molar-refractivity contribution in [3.05, 3.63) is 362 Å². The Morgan fingerprint density at radius 3 is 1.27 bits per heavy atom. The third kappa shape index (κ3) is 10.9. The van der Waals surface area contributed by atoms with Gasteiger partial charge in [0, 0.05) is 77.9 Å². The summed E-state index contributed by atoms with van der Waals surface area (Å²) in [5.74, 6) is 3.24. The van der Waals surface area contributed by atoms with Crippen LogP contribution in [0.3, 0.4) is 0 Å². The molecule has 18 aromatic rings. The molecule has 0 saturated carbocycles. The van der Waals surface area contributed by atoms with E-state index in [1.807, 2.05) is 0 Å². The number of benzene rings is 16. The maximum absolute atomic E-state index is 7.76. The number of rotatable bonds is 9. The first-order chi connectivity index (χ1) is 56.4. The Morgan fingerprint density at radius 2 is 0.707 bits per heavy atom. The first kappa shape index (κ1) is 69.2. The second-order valence-corrected chi connectivity index (χ2v) is 35.1. The zero-order chi connectivity index (χ0) is 78.2. The quantitative estimate of drug-likeness (QED) is 0.135. The molecular weight excluding hydrogens is 1410 g/mol. The monoisotopic (exact) mass is 1490 g/mol. The van der Waals surface area contributed by atoms with Crippen molar-refractivity contribution < 1.29 is 9.47 Å². The fourth-order valence-corrected chi connectivity index (χ4v) is 19.5. The van der Waals surface area contributed by atoms with Gasteiger partial charge in [-0.25, -0.2) is 0 Å². The standard InChI is InChI=1S/C108H84B2N4O2/c1-106(2,3)73-49-55-93-83(62-73)84-63-74(107(4,5)6)50-56-94(84)112(93)76-52-54-87-96(65-76)114(90-44-26-20-37-78(90)69-35-17-12-18-36-69)98-61-72(82-66-101-104-105(102(82)81-40-19-23-41-85(81)108(7,8)9)116-100-48-30-25-43-89(100)110(104)88-42-24-29-47-99(88)115-101)60-97-103(98)109(87)86-53-51-75(111-91-45-27-21-38-79(91)80-39-22-28-46-92(80)111)64-95(86)113(97)77-58-70(67-31-13-10-14-32-67)57-71(59-77)68-33-15-11-16-34-68/h10-66H,1-9H3. The second kappa shape index (κ2) is 26.0. The molecule has 0 unspecified atom stereocenters. The van der Waals surface area contributed by atoms with E-state index in [-0.39, 0.29) is 29.7 Å². The minimum absolute atomic E-state index is 0.0784. The molecule has 0 atom stereocenters. The van der Waals surface area contributed by atoms with E-state index in [4.69, 9.17) is 9.47 Å². The molecule has 16 aromatic carbocycles. The van der Waals surface area contributed by atoms with Gasteiger partial charge in [0.15, 0.2) is 0 Å². The lowest BCUT2D eigenvalue weighted by atomic mass is 9.33. The number of fused-ring (bicyclic) bond motifs is 14. The van der Waals surface area contributed by atoms with Crippen molar-refractivity contribution in [2.45, 2.75) is 78.6 Å². The van der Waals surface area contributed by atoms with E-state index < -0.39 is 0 Å². The molecule has 0 bridgehead atoms. The van der Waals surface area contributed by atoms with Crippen molar-refractivity contribution in [1.29, 1.82) is 0 Å². The maximum atomic E-state index is 7.76. The average molecular weight is 1490 g/mol. The third-order valence-electron chi connectivity index (χ3n) is 25.0. The van der Waals surface area contributed by atoms with Crippen LogP contribution in [0.5, 0.6) is 23.0 Å². The Kier molecular flexibility index (Phi) is 15.5. The molecule has 6 heterocycles. The highest BCUT2D eigenvalue weighted by atomic mass is 16.5. The largest absolute Gasteiger partial charge is 0.458 e. The smallest absolute Gasteiger partial charge is 0.260 e. The van der Waals surface area contributed by atoms with E-state index >= 15 is 0 Å². The van der Waals surface area contributed by atoms with Crippen molar-refractivity contribution in [2.24, 2.45) is 0 Å². The molecule has 0 saturated heterocycles. The number of para-hydroxylation sites is 5. The van der Waals surface area contributed by atoms with Crippen LogP contribution < -0.4 is 52.1 Å². The molecule has 0 amide bonds. The van der Waals surface area contributed by atoms with Gasteiger partial charge in [0.2, 0.25) is 0 Å². The molecule has 2 aromatic heterocycles. The summed E-state index contributed by atoms with van der Waals surface area (Å²) in [6, 6.07) is 130. The summed E-state index contributed by atoms with van der Waals surface area (Å²) in [5.41, 5.74) is 34.1. The lowest BCUT2D eigenvalue weighted by Gasteiger charge is -2.45. The highest BCUT2D eigenvalue weighted by Gasteiger charge is 2.47. The molecule has 0 aliphatic carbocycles. The number of hydrogen-bond acceptors (Lipinski definition) is 4. The van der Waals surface area contributed by atoms with Gasteiger partial charge in [-0.05, 0) is 220 Å². The van der Waals surface area contributed by atoms with E-state index in [1.54, 1.807) is 0 Å². The van der Waals surface area contributed by atoms with Crippen molar-refractivity contribution in [2.75, 3.05) is 9.80 Å². The van der Waals surface area contributed by atoms with Gasteiger partial charge in [-0.2, -0.15) is 0 Å². The lowest BCUT2D eigenvalue weighted by Crippen LogP contribution is -2.61. The van der Waals surface area contributed by atoms with E-state index in [0.717, 1.165) is 163 Å². The van der Waals surface area contributed by atoms with Crippen LogP contribution in [0.2, 0.25) is 0 Å². The van der Waals surface area contributed by atoms with Gasteiger partial charge in [-0.1, -0.05) is 293 Å². The van der Waals surface area contributed by atoms with Crippen molar-refractivity contribution in [1.82, 2.24) is 9.13 Å². The number of hydrogen-bond donors (Lipinski definition) is 0. The normalized spacial score (nSPS) is 13.3. The maximum Gasteiger partial charge on any atom is 0.260 e. The van der Waals surface area contributed by atoms with Gasteiger partial charge < -0.3 is 28.4 Å².